The molecule has 0 saturated carbocycles. The van der Waals surface area contributed by atoms with Gasteiger partial charge in [-0.2, -0.15) is 0 Å². The van der Waals surface area contributed by atoms with Crippen LogP contribution in [0.15, 0.2) is 85.6 Å². The predicted molar refractivity (Wildman–Crippen MR) is 94.8 cm³/mol. The van der Waals surface area contributed by atoms with Gasteiger partial charge in [0.25, 0.3) is 0 Å². The van der Waals surface area contributed by atoms with Crippen LogP contribution in [0.5, 0.6) is 0 Å². The second-order valence-corrected chi connectivity index (χ2v) is 6.14. The zero-order chi connectivity index (χ0) is 16.9. The Balaban J connectivity index is 1.39. The molecule has 2 heterocycles. The first kappa shape index (κ1) is 15.3. The van der Waals surface area contributed by atoms with Crippen molar-refractivity contribution >= 4 is 0 Å². The first-order chi connectivity index (χ1) is 12.3. The Labute approximate surface area is 146 Å². The lowest BCUT2D eigenvalue weighted by Gasteiger charge is -1.99. The van der Waals surface area contributed by atoms with Crippen molar-refractivity contribution in [3.63, 3.8) is 0 Å². The molecule has 0 amide bonds. The number of imidazole rings is 1. The lowest BCUT2D eigenvalue weighted by Crippen LogP contribution is -2.31. The standard InChI is InChI=1S/C20H20N5/c1-3-7-18(8-4-1)13-23-11-12-24(17-23)15-20-16-25(22-21-20)14-19-9-5-2-6-10-19/h1-12,16-17H,13-15H2/q+1. The number of benzene rings is 2. The average molecular weight is 330 g/mol. The quantitative estimate of drug-likeness (QED) is 0.510. The monoisotopic (exact) mass is 330 g/mol. The van der Waals surface area contributed by atoms with Gasteiger partial charge in [-0.3, -0.25) is 0 Å². The van der Waals surface area contributed by atoms with Gasteiger partial charge in [0.1, 0.15) is 31.2 Å². The number of hydrogen-bond acceptors (Lipinski definition) is 2. The van der Waals surface area contributed by atoms with Gasteiger partial charge >= 0.3 is 0 Å². The second kappa shape index (κ2) is 7.13. The van der Waals surface area contributed by atoms with Crippen LogP contribution in [-0.4, -0.2) is 19.6 Å². The molecule has 0 fully saturated rings. The molecule has 0 saturated heterocycles. The Bertz CT molecular complexity index is 847. The zero-order valence-corrected chi connectivity index (χ0v) is 13.9. The van der Waals surface area contributed by atoms with Gasteiger partial charge in [0.2, 0.25) is 6.33 Å². The largest absolute Gasteiger partial charge is 0.248 e. The summed E-state index contributed by atoms with van der Waals surface area (Å²) in [5, 5.41) is 8.51. The van der Waals surface area contributed by atoms with Crippen molar-refractivity contribution in [3.05, 3.63) is 102 Å². The minimum Gasteiger partial charge on any atom is -0.248 e. The topological polar surface area (TPSA) is 39.5 Å². The van der Waals surface area contributed by atoms with Crippen LogP contribution in [0.1, 0.15) is 16.8 Å². The van der Waals surface area contributed by atoms with Gasteiger partial charge in [-0.25, -0.2) is 13.8 Å². The molecule has 2 aromatic heterocycles. The van der Waals surface area contributed by atoms with Crippen LogP contribution in [0.4, 0.5) is 0 Å². The molecular formula is C20H20N5+. The van der Waals surface area contributed by atoms with Crippen molar-refractivity contribution in [1.82, 2.24) is 19.6 Å². The van der Waals surface area contributed by atoms with E-state index in [1.54, 1.807) is 0 Å². The molecule has 0 atom stereocenters. The predicted octanol–water partition coefficient (Wildman–Crippen LogP) is 2.51. The van der Waals surface area contributed by atoms with E-state index in [-0.39, 0.29) is 0 Å². The van der Waals surface area contributed by atoms with Crippen molar-refractivity contribution in [2.24, 2.45) is 0 Å². The maximum absolute atomic E-state index is 4.28. The average Bonchev–Trinajstić information content (AvgIpc) is 3.27. The summed E-state index contributed by atoms with van der Waals surface area (Å²) in [5.41, 5.74) is 3.47. The summed E-state index contributed by atoms with van der Waals surface area (Å²) in [5.74, 6) is 0. The lowest BCUT2D eigenvalue weighted by molar-refractivity contribution is -0.687. The summed E-state index contributed by atoms with van der Waals surface area (Å²) < 4.78 is 6.18. The molecule has 0 radical (unpaired) electrons. The van der Waals surface area contributed by atoms with E-state index in [4.69, 9.17) is 0 Å². The Kier molecular flexibility index (Phi) is 4.37. The number of rotatable bonds is 6. The number of nitrogens with zero attached hydrogens (tertiary/aromatic N) is 5. The molecule has 5 heteroatoms. The van der Waals surface area contributed by atoms with Gasteiger partial charge in [-0.05, 0) is 11.1 Å². The van der Waals surface area contributed by atoms with Crippen LogP contribution < -0.4 is 4.57 Å². The first-order valence-corrected chi connectivity index (χ1v) is 8.37. The molecule has 0 spiro atoms. The molecule has 5 nitrogen and oxygen atoms in total. The van der Waals surface area contributed by atoms with E-state index < -0.39 is 0 Å². The van der Waals surface area contributed by atoms with Crippen LogP contribution >= 0.6 is 0 Å². The molecule has 0 bridgehead atoms. The first-order valence-electron chi connectivity index (χ1n) is 8.37. The minimum atomic E-state index is 0.719. The summed E-state index contributed by atoms with van der Waals surface area (Å²) in [6.45, 7) is 2.33. The zero-order valence-electron chi connectivity index (χ0n) is 13.9. The van der Waals surface area contributed by atoms with E-state index in [0.29, 0.717) is 0 Å². The van der Waals surface area contributed by atoms with Gasteiger partial charge in [0.05, 0.1) is 12.7 Å². The third kappa shape index (κ3) is 4.01. The second-order valence-electron chi connectivity index (χ2n) is 6.14. The molecule has 0 N–H and O–H groups in total. The van der Waals surface area contributed by atoms with Gasteiger partial charge in [0.15, 0.2) is 0 Å². The van der Waals surface area contributed by atoms with E-state index >= 15 is 0 Å². The van der Waals surface area contributed by atoms with Crippen molar-refractivity contribution in [1.29, 1.82) is 0 Å². The summed E-state index contributed by atoms with van der Waals surface area (Å²) in [6, 6.07) is 20.7. The van der Waals surface area contributed by atoms with Crippen LogP contribution in [0.25, 0.3) is 0 Å². The Morgan fingerprint density at radius 1 is 0.840 bits per heavy atom. The fourth-order valence-electron chi connectivity index (χ4n) is 2.87. The molecule has 25 heavy (non-hydrogen) atoms. The summed E-state index contributed by atoms with van der Waals surface area (Å²) in [4.78, 5) is 0. The Morgan fingerprint density at radius 3 is 2.32 bits per heavy atom. The molecule has 0 aliphatic carbocycles. The molecule has 4 rings (SSSR count). The fraction of sp³-hybridized carbons (Fsp3) is 0.150. The van der Waals surface area contributed by atoms with E-state index in [9.17, 15) is 0 Å². The molecule has 0 unspecified atom stereocenters. The third-order valence-electron chi connectivity index (χ3n) is 4.07. The highest BCUT2D eigenvalue weighted by Crippen LogP contribution is 2.04. The Morgan fingerprint density at radius 2 is 1.56 bits per heavy atom. The van der Waals surface area contributed by atoms with E-state index in [1.807, 2.05) is 35.1 Å². The third-order valence-corrected chi connectivity index (χ3v) is 4.07. The summed E-state index contributed by atoms with van der Waals surface area (Å²) in [7, 11) is 0. The van der Waals surface area contributed by atoms with Crippen molar-refractivity contribution in [3.8, 4) is 0 Å². The molecule has 124 valence electrons. The molecule has 0 aliphatic rings. The van der Waals surface area contributed by atoms with Crippen LogP contribution in [0, 0.1) is 0 Å². The lowest BCUT2D eigenvalue weighted by atomic mass is 10.2. The van der Waals surface area contributed by atoms with Gasteiger partial charge in [-0.15, -0.1) is 5.10 Å². The molecular weight excluding hydrogens is 310 g/mol. The molecule has 4 aromatic rings. The highest BCUT2D eigenvalue weighted by molar-refractivity contribution is 5.15. The summed E-state index contributed by atoms with van der Waals surface area (Å²) in [6.07, 6.45) is 8.26. The minimum absolute atomic E-state index is 0.719. The Hall–Kier alpha value is -3.21. The van der Waals surface area contributed by atoms with Gasteiger partial charge in [0, 0.05) is 0 Å². The highest BCUT2D eigenvalue weighted by Gasteiger charge is 2.08. The van der Waals surface area contributed by atoms with Gasteiger partial charge < -0.3 is 0 Å². The van der Waals surface area contributed by atoms with Gasteiger partial charge in [-0.1, -0.05) is 65.9 Å². The highest BCUT2D eigenvalue weighted by atomic mass is 15.4. The van der Waals surface area contributed by atoms with E-state index in [0.717, 1.165) is 25.3 Å². The van der Waals surface area contributed by atoms with Crippen molar-refractivity contribution in [2.75, 3.05) is 0 Å². The normalized spacial score (nSPS) is 10.9. The SMILES string of the molecule is c1ccc(Cn2cc(Cn3cc[n+](Cc4ccccc4)c3)nn2)cc1. The molecule has 2 aromatic carbocycles. The number of hydrogen-bond donors (Lipinski definition) is 0. The summed E-state index contributed by atoms with van der Waals surface area (Å²) >= 11 is 0. The number of aromatic nitrogens is 5. The smallest absolute Gasteiger partial charge is 0.244 e. The maximum atomic E-state index is 4.28. The van der Waals surface area contributed by atoms with Crippen LogP contribution in [0.2, 0.25) is 0 Å². The van der Waals surface area contributed by atoms with Crippen LogP contribution in [0.3, 0.4) is 0 Å². The van der Waals surface area contributed by atoms with Crippen molar-refractivity contribution in [2.45, 2.75) is 19.6 Å². The maximum Gasteiger partial charge on any atom is 0.244 e. The van der Waals surface area contributed by atoms with E-state index in [1.165, 1.54) is 11.1 Å². The van der Waals surface area contributed by atoms with E-state index in [2.05, 4.69) is 74.6 Å². The molecule has 0 aliphatic heterocycles. The fourth-order valence-corrected chi connectivity index (χ4v) is 2.87. The van der Waals surface area contributed by atoms with Crippen LogP contribution in [-0.2, 0) is 19.6 Å². The van der Waals surface area contributed by atoms with Crippen molar-refractivity contribution < 1.29 is 4.57 Å².